The zero-order valence-electron chi connectivity index (χ0n) is 11.4. The summed E-state index contributed by atoms with van der Waals surface area (Å²) in [6.07, 6.45) is 6.76. The van der Waals surface area contributed by atoms with E-state index in [-0.39, 0.29) is 12.1 Å². The van der Waals surface area contributed by atoms with Gasteiger partial charge in [0.2, 0.25) is 0 Å². The monoisotopic (exact) mass is 263 g/mol. The highest BCUT2D eigenvalue weighted by Gasteiger charge is 2.23. The Kier molecular flexibility index (Phi) is 3.40. The van der Waals surface area contributed by atoms with E-state index in [1.165, 1.54) is 12.8 Å². The largest absolute Gasteiger partial charge is 0.335 e. The molecule has 6 nitrogen and oxygen atoms in total. The zero-order valence-corrected chi connectivity index (χ0v) is 11.4. The van der Waals surface area contributed by atoms with Crippen molar-refractivity contribution in [2.75, 3.05) is 0 Å². The van der Waals surface area contributed by atoms with Crippen molar-refractivity contribution in [2.45, 2.75) is 64.1 Å². The maximum atomic E-state index is 11.9. The zero-order chi connectivity index (χ0) is 13.2. The number of aryl methyl sites for hydroxylation is 1. The van der Waals surface area contributed by atoms with Crippen LogP contribution in [0.15, 0.2) is 0 Å². The molecule has 1 saturated carbocycles. The van der Waals surface area contributed by atoms with Gasteiger partial charge in [-0.1, -0.05) is 12.8 Å². The maximum absolute atomic E-state index is 11.9. The van der Waals surface area contributed by atoms with Gasteiger partial charge >= 0.3 is 6.03 Å². The lowest BCUT2D eigenvalue weighted by molar-refractivity contribution is 0.233. The summed E-state index contributed by atoms with van der Waals surface area (Å²) >= 11 is 0. The second-order valence-electron chi connectivity index (χ2n) is 5.55. The van der Waals surface area contributed by atoms with Gasteiger partial charge in [0.05, 0.1) is 6.04 Å². The number of urea groups is 1. The summed E-state index contributed by atoms with van der Waals surface area (Å²) in [6, 6.07) is 0.159. The van der Waals surface area contributed by atoms with Crippen molar-refractivity contribution in [3.05, 3.63) is 11.6 Å². The molecule has 1 aromatic rings. The summed E-state index contributed by atoms with van der Waals surface area (Å²) in [5.74, 6) is 1.91. The van der Waals surface area contributed by atoms with E-state index in [1.807, 2.05) is 6.92 Å². The van der Waals surface area contributed by atoms with Crippen LogP contribution in [0.4, 0.5) is 4.79 Å². The van der Waals surface area contributed by atoms with Gasteiger partial charge in [-0.15, -0.1) is 10.2 Å². The molecule has 0 saturated heterocycles. The number of hydrogen-bond acceptors (Lipinski definition) is 3. The summed E-state index contributed by atoms with van der Waals surface area (Å²) in [5, 5.41) is 14.4. The number of rotatable bonds is 3. The summed E-state index contributed by atoms with van der Waals surface area (Å²) < 4.78 is 2.13. The third-order valence-corrected chi connectivity index (χ3v) is 4.06. The highest BCUT2D eigenvalue weighted by molar-refractivity contribution is 5.74. The Morgan fingerprint density at radius 2 is 2.11 bits per heavy atom. The number of hydrogen-bond donors (Lipinski definition) is 2. The van der Waals surface area contributed by atoms with Crippen molar-refractivity contribution in [3.8, 4) is 0 Å². The van der Waals surface area contributed by atoms with Crippen LogP contribution in [-0.4, -0.2) is 26.8 Å². The molecule has 0 bridgehead atoms. The lowest BCUT2D eigenvalue weighted by Gasteiger charge is -2.17. The third-order valence-electron chi connectivity index (χ3n) is 4.06. The SMILES string of the molecule is C[C@H](NC(=O)NC1CCCC1)c1nnc2n1CCC2. The molecule has 6 heteroatoms. The van der Waals surface area contributed by atoms with Gasteiger partial charge in [0.25, 0.3) is 0 Å². The molecule has 2 heterocycles. The Morgan fingerprint density at radius 1 is 1.32 bits per heavy atom. The third kappa shape index (κ3) is 2.57. The predicted octanol–water partition coefficient (Wildman–Crippen LogP) is 1.53. The molecule has 3 rings (SSSR count). The first-order chi connectivity index (χ1) is 9.24. The molecule has 104 valence electrons. The topological polar surface area (TPSA) is 71.8 Å². The van der Waals surface area contributed by atoms with Crippen LogP contribution in [0.3, 0.4) is 0 Å². The van der Waals surface area contributed by atoms with Crippen molar-refractivity contribution in [2.24, 2.45) is 0 Å². The fourth-order valence-corrected chi connectivity index (χ4v) is 3.05. The predicted molar refractivity (Wildman–Crippen MR) is 70.7 cm³/mol. The lowest BCUT2D eigenvalue weighted by atomic mass is 10.2. The van der Waals surface area contributed by atoms with E-state index in [9.17, 15) is 4.79 Å². The first-order valence-corrected chi connectivity index (χ1v) is 7.23. The van der Waals surface area contributed by atoms with Crippen LogP contribution in [0.25, 0.3) is 0 Å². The van der Waals surface area contributed by atoms with Gasteiger partial charge in [-0.2, -0.15) is 0 Å². The molecule has 2 amide bonds. The van der Waals surface area contributed by atoms with Crippen molar-refractivity contribution in [3.63, 3.8) is 0 Å². The van der Waals surface area contributed by atoms with Gasteiger partial charge < -0.3 is 15.2 Å². The van der Waals surface area contributed by atoms with Gasteiger partial charge in [-0.3, -0.25) is 0 Å². The number of aromatic nitrogens is 3. The number of nitrogens with one attached hydrogen (secondary N) is 2. The van der Waals surface area contributed by atoms with Crippen LogP contribution in [0, 0.1) is 0 Å². The molecular formula is C13H21N5O. The van der Waals surface area contributed by atoms with Crippen LogP contribution in [-0.2, 0) is 13.0 Å². The molecule has 19 heavy (non-hydrogen) atoms. The second-order valence-corrected chi connectivity index (χ2v) is 5.55. The van der Waals surface area contributed by atoms with Crippen molar-refractivity contribution < 1.29 is 4.79 Å². The second kappa shape index (κ2) is 5.19. The molecule has 2 aliphatic rings. The standard InChI is InChI=1S/C13H21N5O/c1-9(12-17-16-11-7-4-8-18(11)12)14-13(19)15-10-5-2-3-6-10/h9-10H,2-8H2,1H3,(H2,14,15,19)/t9-/m0/s1. The Labute approximate surface area is 113 Å². The van der Waals surface area contributed by atoms with Crippen LogP contribution in [0.1, 0.15) is 56.7 Å². The number of carbonyl (C=O) groups is 1. The Morgan fingerprint density at radius 3 is 2.89 bits per heavy atom. The lowest BCUT2D eigenvalue weighted by Crippen LogP contribution is -2.42. The van der Waals surface area contributed by atoms with Crippen molar-refractivity contribution in [1.82, 2.24) is 25.4 Å². The number of amides is 2. The average Bonchev–Trinajstić information content (AvgIpc) is 3.03. The first-order valence-electron chi connectivity index (χ1n) is 7.23. The minimum atomic E-state index is -0.0965. The molecule has 2 N–H and O–H groups in total. The summed E-state index contributed by atoms with van der Waals surface area (Å²) in [4.78, 5) is 11.9. The van der Waals surface area contributed by atoms with Crippen LogP contribution in [0.2, 0.25) is 0 Å². The van der Waals surface area contributed by atoms with Gasteiger partial charge in [0, 0.05) is 19.0 Å². The Bertz CT molecular complexity index is 464. The molecular weight excluding hydrogens is 242 g/mol. The van der Waals surface area contributed by atoms with E-state index in [0.29, 0.717) is 6.04 Å². The minimum Gasteiger partial charge on any atom is -0.335 e. The van der Waals surface area contributed by atoms with Crippen LogP contribution < -0.4 is 10.6 Å². The van der Waals surface area contributed by atoms with E-state index in [2.05, 4.69) is 25.4 Å². The molecule has 0 radical (unpaired) electrons. The first kappa shape index (κ1) is 12.4. The number of nitrogens with zero attached hydrogens (tertiary/aromatic N) is 3. The smallest absolute Gasteiger partial charge is 0.315 e. The van der Waals surface area contributed by atoms with Gasteiger partial charge in [-0.05, 0) is 26.2 Å². The van der Waals surface area contributed by atoms with Crippen LogP contribution >= 0.6 is 0 Å². The van der Waals surface area contributed by atoms with Crippen molar-refractivity contribution >= 4 is 6.03 Å². The molecule has 0 aromatic carbocycles. The van der Waals surface area contributed by atoms with Crippen LogP contribution in [0.5, 0.6) is 0 Å². The van der Waals surface area contributed by atoms with E-state index in [4.69, 9.17) is 0 Å². The molecule has 1 fully saturated rings. The van der Waals surface area contributed by atoms with E-state index < -0.39 is 0 Å². The molecule has 1 aromatic heterocycles. The molecule has 1 aliphatic heterocycles. The Hall–Kier alpha value is -1.59. The fourth-order valence-electron chi connectivity index (χ4n) is 3.05. The molecule has 0 spiro atoms. The molecule has 1 aliphatic carbocycles. The quantitative estimate of drug-likeness (QED) is 0.868. The van der Waals surface area contributed by atoms with E-state index in [1.54, 1.807) is 0 Å². The van der Waals surface area contributed by atoms with Crippen molar-refractivity contribution in [1.29, 1.82) is 0 Å². The van der Waals surface area contributed by atoms with E-state index >= 15 is 0 Å². The molecule has 1 atom stereocenters. The van der Waals surface area contributed by atoms with E-state index in [0.717, 1.165) is 43.9 Å². The van der Waals surface area contributed by atoms with Gasteiger partial charge in [-0.25, -0.2) is 4.79 Å². The van der Waals surface area contributed by atoms with Gasteiger partial charge in [0.1, 0.15) is 5.82 Å². The summed E-state index contributed by atoms with van der Waals surface area (Å²) in [7, 11) is 0. The summed E-state index contributed by atoms with van der Waals surface area (Å²) in [5.41, 5.74) is 0. The average molecular weight is 263 g/mol. The number of carbonyl (C=O) groups excluding carboxylic acids is 1. The highest BCUT2D eigenvalue weighted by Crippen LogP contribution is 2.20. The minimum absolute atomic E-state index is 0.0882. The summed E-state index contributed by atoms with van der Waals surface area (Å²) in [6.45, 7) is 2.93. The molecule has 0 unspecified atom stereocenters. The normalized spacial score (nSPS) is 20.3. The number of fused-ring (bicyclic) bond motifs is 1. The van der Waals surface area contributed by atoms with Gasteiger partial charge in [0.15, 0.2) is 5.82 Å². The fraction of sp³-hybridized carbons (Fsp3) is 0.769. The highest BCUT2D eigenvalue weighted by atomic mass is 16.2. The maximum Gasteiger partial charge on any atom is 0.315 e. The Balaban J connectivity index is 1.58.